The summed E-state index contributed by atoms with van der Waals surface area (Å²) in [5.41, 5.74) is 4.00. The van der Waals surface area contributed by atoms with Crippen molar-refractivity contribution < 1.29 is 22.7 Å². The van der Waals surface area contributed by atoms with E-state index in [2.05, 4.69) is 10.5 Å². The number of amides is 1. The van der Waals surface area contributed by atoms with Crippen LogP contribution in [0, 0.1) is 0 Å². The van der Waals surface area contributed by atoms with Gasteiger partial charge < -0.3 is 9.47 Å². The molecule has 0 unspecified atom stereocenters. The number of hydrogen-bond acceptors (Lipinski definition) is 6. The monoisotopic (exact) mass is 481 g/mol. The zero-order chi connectivity index (χ0) is 24.4. The van der Waals surface area contributed by atoms with E-state index in [0.717, 1.165) is 9.87 Å². The minimum Gasteiger partial charge on any atom is -0.497 e. The SMILES string of the molecule is COc1ccc(/C=N\NC(=O)CN(CCc2ccccc2)S(=O)(=O)c2ccccc2)c(OC)c1. The van der Waals surface area contributed by atoms with Crippen LogP contribution in [0.4, 0.5) is 0 Å². The van der Waals surface area contributed by atoms with Gasteiger partial charge in [-0.05, 0) is 36.2 Å². The fraction of sp³-hybridized carbons (Fsp3) is 0.200. The van der Waals surface area contributed by atoms with Crippen LogP contribution in [0.15, 0.2) is 88.9 Å². The van der Waals surface area contributed by atoms with Crippen LogP contribution in [0.2, 0.25) is 0 Å². The molecule has 0 bridgehead atoms. The molecule has 3 aromatic carbocycles. The summed E-state index contributed by atoms with van der Waals surface area (Å²) in [4.78, 5) is 12.7. The van der Waals surface area contributed by atoms with Crippen molar-refractivity contribution >= 4 is 22.1 Å². The van der Waals surface area contributed by atoms with Crippen LogP contribution < -0.4 is 14.9 Å². The van der Waals surface area contributed by atoms with E-state index in [-0.39, 0.29) is 18.0 Å². The van der Waals surface area contributed by atoms with Crippen molar-refractivity contribution in [2.24, 2.45) is 5.10 Å². The van der Waals surface area contributed by atoms with Crippen LogP contribution in [0.25, 0.3) is 0 Å². The summed E-state index contributed by atoms with van der Waals surface area (Å²) in [5.74, 6) is 0.586. The van der Waals surface area contributed by atoms with E-state index in [1.807, 2.05) is 30.3 Å². The molecule has 8 nitrogen and oxygen atoms in total. The van der Waals surface area contributed by atoms with E-state index in [4.69, 9.17) is 9.47 Å². The van der Waals surface area contributed by atoms with Crippen molar-refractivity contribution in [1.82, 2.24) is 9.73 Å². The lowest BCUT2D eigenvalue weighted by Gasteiger charge is -2.21. The molecule has 0 spiro atoms. The van der Waals surface area contributed by atoms with Crippen LogP contribution in [0.5, 0.6) is 11.5 Å². The van der Waals surface area contributed by atoms with Gasteiger partial charge >= 0.3 is 0 Å². The van der Waals surface area contributed by atoms with Crippen molar-refractivity contribution in [3.63, 3.8) is 0 Å². The summed E-state index contributed by atoms with van der Waals surface area (Å²) in [6, 6.07) is 22.7. The van der Waals surface area contributed by atoms with Gasteiger partial charge in [0.2, 0.25) is 10.0 Å². The number of carbonyl (C=O) groups is 1. The highest BCUT2D eigenvalue weighted by molar-refractivity contribution is 7.89. The quantitative estimate of drug-likeness (QED) is 0.335. The predicted octanol–water partition coefficient (Wildman–Crippen LogP) is 3.09. The van der Waals surface area contributed by atoms with E-state index in [0.29, 0.717) is 23.5 Å². The van der Waals surface area contributed by atoms with Gasteiger partial charge in [-0.3, -0.25) is 4.79 Å². The fourth-order valence-corrected chi connectivity index (χ4v) is 4.64. The van der Waals surface area contributed by atoms with Gasteiger partial charge in [0.1, 0.15) is 11.5 Å². The van der Waals surface area contributed by atoms with Crippen LogP contribution in [-0.4, -0.2) is 52.2 Å². The molecule has 178 valence electrons. The highest BCUT2D eigenvalue weighted by Gasteiger charge is 2.26. The third kappa shape index (κ3) is 6.66. The number of hydrogen-bond donors (Lipinski definition) is 1. The third-order valence-corrected chi connectivity index (χ3v) is 6.89. The zero-order valence-electron chi connectivity index (χ0n) is 19.0. The number of methoxy groups -OCH3 is 2. The highest BCUT2D eigenvalue weighted by Crippen LogP contribution is 2.23. The van der Waals surface area contributed by atoms with Gasteiger partial charge in [-0.25, -0.2) is 13.8 Å². The van der Waals surface area contributed by atoms with Crippen molar-refractivity contribution in [2.75, 3.05) is 27.3 Å². The van der Waals surface area contributed by atoms with E-state index < -0.39 is 15.9 Å². The number of ether oxygens (including phenoxy) is 2. The zero-order valence-corrected chi connectivity index (χ0v) is 19.9. The number of nitrogens with one attached hydrogen (secondary N) is 1. The number of hydrazone groups is 1. The Morgan fingerprint density at radius 1 is 0.971 bits per heavy atom. The third-order valence-electron chi connectivity index (χ3n) is 5.03. The molecule has 3 aromatic rings. The maximum Gasteiger partial charge on any atom is 0.255 e. The average molecular weight is 482 g/mol. The van der Waals surface area contributed by atoms with Gasteiger partial charge in [-0.15, -0.1) is 0 Å². The lowest BCUT2D eigenvalue weighted by Crippen LogP contribution is -2.40. The second-order valence-electron chi connectivity index (χ2n) is 7.29. The Morgan fingerprint density at radius 3 is 2.29 bits per heavy atom. The lowest BCUT2D eigenvalue weighted by atomic mass is 10.1. The molecule has 34 heavy (non-hydrogen) atoms. The first kappa shape index (κ1) is 24.9. The Morgan fingerprint density at radius 2 is 1.65 bits per heavy atom. The van der Waals surface area contributed by atoms with Crippen molar-refractivity contribution in [3.8, 4) is 11.5 Å². The molecule has 0 aliphatic heterocycles. The van der Waals surface area contributed by atoms with Gasteiger partial charge in [-0.1, -0.05) is 48.5 Å². The molecule has 0 radical (unpaired) electrons. The molecular formula is C25H27N3O5S. The Bertz CT molecular complexity index is 1220. The normalized spacial score (nSPS) is 11.5. The summed E-state index contributed by atoms with van der Waals surface area (Å²) >= 11 is 0. The van der Waals surface area contributed by atoms with Crippen LogP contribution in [0.3, 0.4) is 0 Å². The number of carbonyl (C=O) groups excluding carboxylic acids is 1. The standard InChI is InChI=1S/C25H27N3O5S/c1-32-22-14-13-21(24(17-22)33-2)18-26-27-25(29)19-28(16-15-20-9-5-3-6-10-20)34(30,31)23-11-7-4-8-12-23/h3-14,17-18H,15-16,19H2,1-2H3,(H,27,29)/b26-18-. The molecule has 0 saturated carbocycles. The molecule has 1 N–H and O–H groups in total. The topological polar surface area (TPSA) is 97.3 Å². The Kier molecular flexibility index (Phi) is 8.78. The second kappa shape index (κ2) is 12.0. The number of benzene rings is 3. The largest absolute Gasteiger partial charge is 0.497 e. The minimum atomic E-state index is -3.88. The lowest BCUT2D eigenvalue weighted by molar-refractivity contribution is -0.121. The van der Waals surface area contributed by atoms with E-state index in [9.17, 15) is 13.2 Å². The maximum atomic E-state index is 13.2. The second-order valence-corrected chi connectivity index (χ2v) is 9.23. The van der Waals surface area contributed by atoms with Gasteiger partial charge in [0.05, 0.1) is 31.9 Å². The maximum absolute atomic E-state index is 13.2. The summed E-state index contributed by atoms with van der Waals surface area (Å²) in [6.45, 7) is -0.230. The Balaban J connectivity index is 1.72. The molecule has 0 fully saturated rings. The van der Waals surface area contributed by atoms with Crippen molar-refractivity contribution in [3.05, 3.63) is 90.0 Å². The van der Waals surface area contributed by atoms with Crippen molar-refractivity contribution in [1.29, 1.82) is 0 Å². The fourth-order valence-electron chi connectivity index (χ4n) is 3.22. The first-order valence-electron chi connectivity index (χ1n) is 10.6. The predicted molar refractivity (Wildman–Crippen MR) is 131 cm³/mol. The summed E-state index contributed by atoms with van der Waals surface area (Å²) in [6.07, 6.45) is 1.89. The summed E-state index contributed by atoms with van der Waals surface area (Å²) < 4.78 is 38.0. The number of sulfonamides is 1. The first-order chi connectivity index (χ1) is 16.4. The van der Waals surface area contributed by atoms with Gasteiger partial charge in [0, 0.05) is 18.2 Å². The van der Waals surface area contributed by atoms with Gasteiger partial charge in [0.25, 0.3) is 5.91 Å². The molecule has 9 heteroatoms. The Hall–Kier alpha value is -3.69. The molecule has 1 amide bonds. The average Bonchev–Trinajstić information content (AvgIpc) is 2.87. The smallest absolute Gasteiger partial charge is 0.255 e. The highest BCUT2D eigenvalue weighted by atomic mass is 32.2. The molecular weight excluding hydrogens is 454 g/mol. The van der Waals surface area contributed by atoms with Gasteiger partial charge in [-0.2, -0.15) is 9.41 Å². The van der Waals surface area contributed by atoms with Crippen LogP contribution >= 0.6 is 0 Å². The molecule has 3 rings (SSSR count). The molecule has 0 aromatic heterocycles. The Labute approximate surface area is 199 Å². The summed E-state index contributed by atoms with van der Waals surface area (Å²) in [5, 5.41) is 3.96. The molecule has 0 atom stereocenters. The van der Waals surface area contributed by atoms with E-state index in [1.165, 1.54) is 25.5 Å². The first-order valence-corrected chi connectivity index (χ1v) is 12.0. The number of nitrogens with zero attached hydrogens (tertiary/aromatic N) is 2. The van der Waals surface area contributed by atoms with Crippen LogP contribution in [-0.2, 0) is 21.2 Å². The molecule has 0 saturated heterocycles. The minimum absolute atomic E-state index is 0.127. The summed E-state index contributed by atoms with van der Waals surface area (Å²) in [7, 11) is -0.806. The van der Waals surface area contributed by atoms with Gasteiger partial charge in [0.15, 0.2) is 0 Å². The molecule has 0 aliphatic rings. The van der Waals surface area contributed by atoms with Crippen molar-refractivity contribution in [2.45, 2.75) is 11.3 Å². The number of rotatable bonds is 11. The molecule has 0 aliphatic carbocycles. The molecule has 0 heterocycles. The van der Waals surface area contributed by atoms with E-state index >= 15 is 0 Å². The van der Waals surface area contributed by atoms with Crippen LogP contribution in [0.1, 0.15) is 11.1 Å². The van der Waals surface area contributed by atoms with E-state index in [1.54, 1.807) is 43.5 Å².